The van der Waals surface area contributed by atoms with Gasteiger partial charge >= 0.3 is 0 Å². The Morgan fingerprint density at radius 2 is 2.33 bits per heavy atom. The second-order valence-corrected chi connectivity index (χ2v) is 4.71. The largest absolute Gasteiger partial charge is 0.494 e. The van der Waals surface area contributed by atoms with Crippen molar-refractivity contribution in [2.45, 2.75) is 37.8 Å². The lowest BCUT2D eigenvalue weighted by molar-refractivity contribution is 0.000495. The zero-order valence-electron chi connectivity index (χ0n) is 10.7. The van der Waals surface area contributed by atoms with Crippen molar-refractivity contribution in [3.05, 3.63) is 29.6 Å². The number of hydrogen-bond donors (Lipinski definition) is 1. The van der Waals surface area contributed by atoms with Gasteiger partial charge in [-0.15, -0.1) is 0 Å². The highest BCUT2D eigenvalue weighted by molar-refractivity contribution is 5.31. The van der Waals surface area contributed by atoms with Crippen LogP contribution >= 0.6 is 0 Å². The molecule has 2 atom stereocenters. The van der Waals surface area contributed by atoms with Crippen molar-refractivity contribution < 1.29 is 13.9 Å². The first-order valence-electron chi connectivity index (χ1n) is 6.41. The van der Waals surface area contributed by atoms with Crippen molar-refractivity contribution in [2.24, 2.45) is 5.73 Å². The van der Waals surface area contributed by atoms with Crippen molar-refractivity contribution in [1.82, 2.24) is 0 Å². The van der Waals surface area contributed by atoms with E-state index in [9.17, 15) is 4.39 Å². The molecule has 2 N–H and O–H groups in total. The Balaban J connectivity index is 2.04. The van der Waals surface area contributed by atoms with Crippen LogP contribution in [0.4, 0.5) is 4.39 Å². The monoisotopic (exact) mass is 253 g/mol. The van der Waals surface area contributed by atoms with Gasteiger partial charge in [-0.2, -0.15) is 0 Å². The number of halogens is 1. The Labute approximate surface area is 107 Å². The number of ether oxygens (including phenoxy) is 2. The molecule has 0 bridgehead atoms. The minimum absolute atomic E-state index is 0.0457. The van der Waals surface area contributed by atoms with Crippen LogP contribution in [-0.2, 0) is 11.2 Å². The molecule has 4 heteroatoms. The van der Waals surface area contributed by atoms with Gasteiger partial charge in [0.2, 0.25) is 0 Å². The SMILES string of the molecule is COc1cccc(CC(N)C2CCCCO2)c1F. The summed E-state index contributed by atoms with van der Waals surface area (Å²) >= 11 is 0. The van der Waals surface area contributed by atoms with E-state index in [0.29, 0.717) is 12.0 Å². The Morgan fingerprint density at radius 3 is 3.00 bits per heavy atom. The van der Waals surface area contributed by atoms with E-state index < -0.39 is 0 Å². The highest BCUT2D eigenvalue weighted by Gasteiger charge is 2.23. The lowest BCUT2D eigenvalue weighted by Gasteiger charge is -2.28. The first-order chi connectivity index (χ1) is 8.72. The summed E-state index contributed by atoms with van der Waals surface area (Å²) in [7, 11) is 1.46. The quantitative estimate of drug-likeness (QED) is 0.895. The molecule has 0 amide bonds. The fourth-order valence-corrected chi connectivity index (χ4v) is 2.36. The van der Waals surface area contributed by atoms with Crippen LogP contribution in [-0.4, -0.2) is 25.9 Å². The van der Waals surface area contributed by atoms with E-state index in [1.54, 1.807) is 18.2 Å². The maximum Gasteiger partial charge on any atom is 0.168 e. The molecule has 3 nitrogen and oxygen atoms in total. The molecule has 0 aliphatic carbocycles. The van der Waals surface area contributed by atoms with Crippen LogP contribution in [0.3, 0.4) is 0 Å². The van der Waals surface area contributed by atoms with Crippen molar-refractivity contribution in [1.29, 1.82) is 0 Å². The van der Waals surface area contributed by atoms with Gasteiger partial charge in [0.05, 0.1) is 13.2 Å². The highest BCUT2D eigenvalue weighted by Crippen LogP contribution is 2.23. The van der Waals surface area contributed by atoms with Crippen LogP contribution in [0.15, 0.2) is 18.2 Å². The van der Waals surface area contributed by atoms with Crippen LogP contribution < -0.4 is 10.5 Å². The molecule has 0 spiro atoms. The second-order valence-electron chi connectivity index (χ2n) is 4.71. The Kier molecular flexibility index (Phi) is 4.55. The van der Waals surface area contributed by atoms with E-state index >= 15 is 0 Å². The van der Waals surface area contributed by atoms with Crippen LogP contribution in [0.25, 0.3) is 0 Å². The van der Waals surface area contributed by atoms with Crippen molar-refractivity contribution >= 4 is 0 Å². The van der Waals surface area contributed by atoms with Crippen molar-refractivity contribution in [2.75, 3.05) is 13.7 Å². The average molecular weight is 253 g/mol. The van der Waals surface area contributed by atoms with E-state index in [2.05, 4.69) is 0 Å². The maximum atomic E-state index is 14.0. The molecule has 18 heavy (non-hydrogen) atoms. The number of nitrogens with two attached hydrogens (primary N) is 1. The van der Waals surface area contributed by atoms with E-state index in [-0.39, 0.29) is 23.7 Å². The third kappa shape index (κ3) is 3.00. The summed E-state index contributed by atoms with van der Waals surface area (Å²) < 4.78 is 24.6. The van der Waals surface area contributed by atoms with Crippen LogP contribution in [0.1, 0.15) is 24.8 Å². The van der Waals surface area contributed by atoms with Gasteiger partial charge in [0, 0.05) is 12.6 Å². The predicted molar refractivity (Wildman–Crippen MR) is 68.2 cm³/mol. The molecule has 1 aromatic carbocycles. The summed E-state index contributed by atoms with van der Waals surface area (Å²) in [6.45, 7) is 0.763. The zero-order valence-corrected chi connectivity index (χ0v) is 10.7. The van der Waals surface area contributed by atoms with Gasteiger partial charge in [-0.3, -0.25) is 0 Å². The Bertz CT molecular complexity index is 391. The molecule has 100 valence electrons. The third-order valence-electron chi connectivity index (χ3n) is 3.41. The van der Waals surface area contributed by atoms with Gasteiger partial charge in [-0.1, -0.05) is 12.1 Å². The minimum atomic E-state index is -0.314. The molecule has 0 aromatic heterocycles. The number of hydrogen-bond acceptors (Lipinski definition) is 3. The molecule has 1 aliphatic heterocycles. The van der Waals surface area contributed by atoms with Gasteiger partial charge in [0.25, 0.3) is 0 Å². The normalized spacial score (nSPS) is 21.6. The average Bonchev–Trinajstić information content (AvgIpc) is 2.42. The van der Waals surface area contributed by atoms with E-state index in [1.807, 2.05) is 0 Å². The maximum absolute atomic E-state index is 14.0. The summed E-state index contributed by atoms with van der Waals surface area (Å²) in [5, 5.41) is 0. The fraction of sp³-hybridized carbons (Fsp3) is 0.571. The molecule has 0 saturated carbocycles. The van der Waals surface area contributed by atoms with Crippen molar-refractivity contribution in [3.63, 3.8) is 0 Å². The molecule has 1 aliphatic rings. The molecule has 1 fully saturated rings. The molecule has 1 heterocycles. The Morgan fingerprint density at radius 1 is 1.50 bits per heavy atom. The molecule has 1 aromatic rings. The van der Waals surface area contributed by atoms with Crippen LogP contribution in [0, 0.1) is 5.82 Å². The molecule has 2 rings (SSSR count). The molecule has 0 radical (unpaired) electrons. The van der Waals surface area contributed by atoms with Gasteiger partial charge in [-0.05, 0) is 37.3 Å². The highest BCUT2D eigenvalue weighted by atomic mass is 19.1. The first kappa shape index (κ1) is 13.3. The summed E-state index contributed by atoms with van der Waals surface area (Å²) in [4.78, 5) is 0. The van der Waals surface area contributed by atoms with E-state index in [4.69, 9.17) is 15.2 Å². The van der Waals surface area contributed by atoms with Gasteiger partial charge in [-0.25, -0.2) is 4.39 Å². The molecular formula is C14H20FNO2. The zero-order chi connectivity index (χ0) is 13.0. The summed E-state index contributed by atoms with van der Waals surface area (Å²) in [6.07, 6.45) is 3.72. The number of benzene rings is 1. The number of rotatable bonds is 4. The van der Waals surface area contributed by atoms with Crippen LogP contribution in [0.2, 0.25) is 0 Å². The van der Waals surface area contributed by atoms with Gasteiger partial charge in [0.15, 0.2) is 11.6 Å². The molecule has 1 saturated heterocycles. The lowest BCUT2D eigenvalue weighted by atomic mass is 9.96. The number of methoxy groups -OCH3 is 1. The third-order valence-corrected chi connectivity index (χ3v) is 3.41. The smallest absolute Gasteiger partial charge is 0.168 e. The molecule has 2 unspecified atom stereocenters. The van der Waals surface area contributed by atoms with Gasteiger partial charge < -0.3 is 15.2 Å². The van der Waals surface area contributed by atoms with Gasteiger partial charge in [0.1, 0.15) is 0 Å². The summed E-state index contributed by atoms with van der Waals surface area (Å²) in [6, 6.07) is 4.99. The van der Waals surface area contributed by atoms with Crippen molar-refractivity contribution in [3.8, 4) is 5.75 Å². The van der Waals surface area contributed by atoms with E-state index in [1.165, 1.54) is 7.11 Å². The lowest BCUT2D eigenvalue weighted by Crippen LogP contribution is -2.40. The second kappa shape index (κ2) is 6.16. The summed E-state index contributed by atoms with van der Waals surface area (Å²) in [5.74, 6) is -0.0458. The predicted octanol–water partition coefficient (Wildman–Crippen LogP) is 2.27. The minimum Gasteiger partial charge on any atom is -0.494 e. The van der Waals surface area contributed by atoms with Crippen LogP contribution in [0.5, 0.6) is 5.75 Å². The molecular weight excluding hydrogens is 233 g/mol. The van der Waals surface area contributed by atoms with E-state index in [0.717, 1.165) is 25.9 Å². The topological polar surface area (TPSA) is 44.5 Å². The fourth-order valence-electron chi connectivity index (χ4n) is 2.36. The Hall–Kier alpha value is -1.13. The first-order valence-corrected chi connectivity index (χ1v) is 6.41. The summed E-state index contributed by atoms with van der Waals surface area (Å²) in [5.41, 5.74) is 6.70. The standard InChI is InChI=1S/C14H20FNO2/c1-17-13-7-4-5-10(14(13)15)9-11(16)12-6-2-3-8-18-12/h4-5,7,11-12H,2-3,6,8-9,16H2,1H3.